The molecule has 0 N–H and O–H groups in total. The number of azide groups is 1. The SMILES string of the molecule is [N-]=[N+]=Nc1c(I)cccc1-c1ccccc1. The van der Waals surface area contributed by atoms with Gasteiger partial charge in [0.25, 0.3) is 0 Å². The number of hydrogen-bond donors (Lipinski definition) is 0. The van der Waals surface area contributed by atoms with Crippen molar-refractivity contribution in [2.24, 2.45) is 5.11 Å². The molecule has 0 aromatic heterocycles. The van der Waals surface area contributed by atoms with E-state index in [4.69, 9.17) is 5.53 Å². The molecule has 0 saturated heterocycles. The van der Waals surface area contributed by atoms with E-state index in [2.05, 4.69) is 32.6 Å². The van der Waals surface area contributed by atoms with Crippen LogP contribution in [0.3, 0.4) is 0 Å². The Morgan fingerprint density at radius 1 is 1.00 bits per heavy atom. The monoisotopic (exact) mass is 321 g/mol. The van der Waals surface area contributed by atoms with Gasteiger partial charge in [-0.3, -0.25) is 0 Å². The number of halogens is 1. The van der Waals surface area contributed by atoms with Crippen molar-refractivity contribution in [2.45, 2.75) is 0 Å². The zero-order valence-corrected chi connectivity index (χ0v) is 10.5. The van der Waals surface area contributed by atoms with Gasteiger partial charge in [0, 0.05) is 8.48 Å². The van der Waals surface area contributed by atoms with Crippen LogP contribution in [0.5, 0.6) is 0 Å². The molecule has 0 bridgehead atoms. The molecule has 0 radical (unpaired) electrons. The van der Waals surface area contributed by atoms with Gasteiger partial charge in [0.05, 0.1) is 5.69 Å². The third kappa shape index (κ3) is 2.18. The Bertz CT molecular complexity index is 545. The van der Waals surface area contributed by atoms with Gasteiger partial charge < -0.3 is 0 Å². The zero-order chi connectivity index (χ0) is 11.4. The van der Waals surface area contributed by atoms with Crippen LogP contribution in [-0.4, -0.2) is 0 Å². The van der Waals surface area contributed by atoms with Crippen LogP contribution in [0.4, 0.5) is 5.69 Å². The lowest BCUT2D eigenvalue weighted by Crippen LogP contribution is -1.80. The molecule has 0 unspecified atom stereocenters. The first kappa shape index (κ1) is 11.0. The predicted molar refractivity (Wildman–Crippen MR) is 73.4 cm³/mol. The predicted octanol–water partition coefficient (Wildman–Crippen LogP) is 4.90. The Hall–Kier alpha value is -1.52. The fourth-order valence-electron chi connectivity index (χ4n) is 1.51. The number of benzene rings is 2. The Morgan fingerprint density at radius 3 is 2.44 bits per heavy atom. The molecule has 0 atom stereocenters. The fourth-order valence-corrected chi connectivity index (χ4v) is 2.12. The second-order valence-electron chi connectivity index (χ2n) is 3.19. The third-order valence-electron chi connectivity index (χ3n) is 2.22. The molecule has 3 nitrogen and oxygen atoms in total. The summed E-state index contributed by atoms with van der Waals surface area (Å²) < 4.78 is 0.955. The molecule has 0 spiro atoms. The largest absolute Gasteiger partial charge is 0.0622 e. The van der Waals surface area contributed by atoms with Gasteiger partial charge in [0.2, 0.25) is 0 Å². The molecule has 0 amide bonds. The summed E-state index contributed by atoms with van der Waals surface area (Å²) >= 11 is 2.17. The van der Waals surface area contributed by atoms with Crippen molar-refractivity contribution < 1.29 is 0 Å². The van der Waals surface area contributed by atoms with Crippen LogP contribution in [0.25, 0.3) is 21.6 Å². The average Bonchev–Trinajstić information content (AvgIpc) is 2.33. The van der Waals surface area contributed by atoms with Crippen LogP contribution in [0.1, 0.15) is 0 Å². The molecule has 2 rings (SSSR count). The second-order valence-corrected chi connectivity index (χ2v) is 4.35. The van der Waals surface area contributed by atoms with Gasteiger partial charge >= 0.3 is 0 Å². The fraction of sp³-hybridized carbons (Fsp3) is 0. The van der Waals surface area contributed by atoms with Crippen LogP contribution >= 0.6 is 22.6 Å². The molecule has 2 aromatic rings. The first-order chi connectivity index (χ1) is 7.83. The van der Waals surface area contributed by atoms with E-state index in [9.17, 15) is 0 Å². The molecule has 0 aliphatic carbocycles. The first-order valence-corrected chi connectivity index (χ1v) is 5.80. The van der Waals surface area contributed by atoms with Crippen molar-refractivity contribution in [1.82, 2.24) is 0 Å². The van der Waals surface area contributed by atoms with E-state index in [1.54, 1.807) is 0 Å². The maximum Gasteiger partial charge on any atom is 0.0587 e. The van der Waals surface area contributed by atoms with Crippen molar-refractivity contribution in [3.63, 3.8) is 0 Å². The van der Waals surface area contributed by atoms with Gasteiger partial charge in [-0.1, -0.05) is 47.6 Å². The molecule has 78 valence electrons. The summed E-state index contributed by atoms with van der Waals surface area (Å²) in [6.07, 6.45) is 0. The number of rotatable bonds is 2. The van der Waals surface area contributed by atoms with E-state index < -0.39 is 0 Å². The molecule has 0 heterocycles. The lowest BCUT2D eigenvalue weighted by Gasteiger charge is -2.06. The lowest BCUT2D eigenvalue weighted by molar-refractivity contribution is 1.44. The topological polar surface area (TPSA) is 48.8 Å². The van der Waals surface area contributed by atoms with Gasteiger partial charge in [-0.25, -0.2) is 0 Å². The summed E-state index contributed by atoms with van der Waals surface area (Å²) in [4.78, 5) is 2.87. The number of nitrogens with zero attached hydrogens (tertiary/aromatic N) is 3. The van der Waals surface area contributed by atoms with E-state index in [1.807, 2.05) is 48.5 Å². The van der Waals surface area contributed by atoms with Crippen molar-refractivity contribution in [1.29, 1.82) is 0 Å². The normalized spacial score (nSPS) is 9.56. The summed E-state index contributed by atoms with van der Waals surface area (Å²) in [5.41, 5.74) is 11.3. The van der Waals surface area contributed by atoms with E-state index in [1.165, 1.54) is 0 Å². The summed E-state index contributed by atoms with van der Waals surface area (Å²) in [5.74, 6) is 0. The van der Waals surface area contributed by atoms with Crippen LogP contribution in [0.2, 0.25) is 0 Å². The highest BCUT2D eigenvalue weighted by Gasteiger charge is 2.05. The molecule has 0 aliphatic heterocycles. The maximum atomic E-state index is 8.57. The zero-order valence-electron chi connectivity index (χ0n) is 8.34. The Kier molecular flexibility index (Phi) is 3.44. The van der Waals surface area contributed by atoms with E-state index in [-0.39, 0.29) is 0 Å². The van der Waals surface area contributed by atoms with Gasteiger partial charge in [0.15, 0.2) is 0 Å². The lowest BCUT2D eigenvalue weighted by atomic mass is 10.0. The van der Waals surface area contributed by atoms with Crippen molar-refractivity contribution >= 4 is 28.3 Å². The first-order valence-electron chi connectivity index (χ1n) is 4.72. The summed E-state index contributed by atoms with van der Waals surface area (Å²) in [5, 5.41) is 3.76. The van der Waals surface area contributed by atoms with E-state index in [0.29, 0.717) is 5.69 Å². The second kappa shape index (κ2) is 5.01. The van der Waals surface area contributed by atoms with Crippen LogP contribution in [-0.2, 0) is 0 Å². The van der Waals surface area contributed by atoms with Crippen molar-refractivity contribution in [3.8, 4) is 11.1 Å². The molecule has 0 aliphatic rings. The minimum absolute atomic E-state index is 0.691. The highest BCUT2D eigenvalue weighted by atomic mass is 127. The van der Waals surface area contributed by atoms with Gasteiger partial charge in [-0.05, 0) is 45.3 Å². The minimum Gasteiger partial charge on any atom is -0.0622 e. The van der Waals surface area contributed by atoms with E-state index in [0.717, 1.165) is 14.7 Å². The van der Waals surface area contributed by atoms with Gasteiger partial charge in [-0.15, -0.1) is 0 Å². The highest BCUT2D eigenvalue weighted by Crippen LogP contribution is 2.34. The molecule has 0 fully saturated rings. The molecule has 0 saturated carbocycles. The quantitative estimate of drug-likeness (QED) is 0.327. The molecule has 16 heavy (non-hydrogen) atoms. The van der Waals surface area contributed by atoms with Crippen LogP contribution in [0.15, 0.2) is 53.6 Å². The summed E-state index contributed by atoms with van der Waals surface area (Å²) in [7, 11) is 0. The molecular formula is C12H8IN3. The highest BCUT2D eigenvalue weighted by molar-refractivity contribution is 14.1. The smallest absolute Gasteiger partial charge is 0.0587 e. The van der Waals surface area contributed by atoms with Gasteiger partial charge in [-0.2, -0.15) is 0 Å². The average molecular weight is 321 g/mol. The standard InChI is InChI=1S/C12H8IN3/c13-11-8-4-7-10(12(11)15-16-14)9-5-2-1-3-6-9/h1-8H. The summed E-state index contributed by atoms with van der Waals surface area (Å²) in [6.45, 7) is 0. The Balaban J connectivity index is 2.65. The van der Waals surface area contributed by atoms with Crippen molar-refractivity contribution in [3.05, 3.63) is 62.5 Å². The van der Waals surface area contributed by atoms with Gasteiger partial charge in [0.1, 0.15) is 0 Å². The molecular weight excluding hydrogens is 313 g/mol. The van der Waals surface area contributed by atoms with E-state index >= 15 is 0 Å². The Morgan fingerprint density at radius 2 is 1.75 bits per heavy atom. The Labute approximate surface area is 107 Å². The van der Waals surface area contributed by atoms with Crippen LogP contribution in [0, 0.1) is 3.57 Å². The third-order valence-corrected chi connectivity index (χ3v) is 3.09. The minimum atomic E-state index is 0.691. The molecule has 4 heteroatoms. The number of hydrogen-bond acceptors (Lipinski definition) is 1. The van der Waals surface area contributed by atoms with Crippen LogP contribution < -0.4 is 0 Å². The molecule has 2 aromatic carbocycles. The summed E-state index contributed by atoms with van der Waals surface area (Å²) in [6, 6.07) is 15.7. The maximum absolute atomic E-state index is 8.57. The van der Waals surface area contributed by atoms with Crippen molar-refractivity contribution in [2.75, 3.05) is 0 Å².